The van der Waals surface area contributed by atoms with Crippen LogP contribution in [0.3, 0.4) is 0 Å². The molecular formula is C17H35NO2. The molecule has 0 saturated carbocycles. The molecule has 0 radical (unpaired) electrons. The van der Waals surface area contributed by atoms with Gasteiger partial charge in [-0.05, 0) is 12.8 Å². The number of nitrogens with zero attached hydrogens (tertiary/aromatic N) is 1. The molecule has 0 aromatic carbocycles. The second-order valence-electron chi connectivity index (χ2n) is 6.23. The summed E-state index contributed by atoms with van der Waals surface area (Å²) in [6, 6.07) is 0. The highest BCUT2D eigenvalue weighted by Crippen LogP contribution is 2.12. The fourth-order valence-corrected chi connectivity index (χ4v) is 2.41. The van der Waals surface area contributed by atoms with Crippen molar-refractivity contribution >= 4 is 5.91 Å². The first kappa shape index (κ1) is 19.6. The second-order valence-corrected chi connectivity index (χ2v) is 6.23. The molecule has 0 aliphatic heterocycles. The molecule has 0 saturated heterocycles. The summed E-state index contributed by atoms with van der Waals surface area (Å²) in [6.07, 6.45) is 15.4. The highest BCUT2D eigenvalue weighted by molar-refractivity contribution is 5.65. The molecule has 1 atom stereocenters. The number of carbonyl (C=O) groups excluding carboxylic acids is 1. The van der Waals surface area contributed by atoms with Crippen LogP contribution < -0.4 is 0 Å². The van der Waals surface area contributed by atoms with Crippen LogP contribution in [0, 0.1) is 5.21 Å². The van der Waals surface area contributed by atoms with Gasteiger partial charge in [-0.25, -0.2) is 4.79 Å². The Hall–Kier alpha value is -0.410. The molecule has 3 heteroatoms. The van der Waals surface area contributed by atoms with Crippen molar-refractivity contribution in [2.75, 3.05) is 13.6 Å². The molecule has 1 unspecified atom stereocenters. The van der Waals surface area contributed by atoms with Gasteiger partial charge in [0.05, 0.1) is 20.5 Å². The van der Waals surface area contributed by atoms with E-state index in [0.717, 1.165) is 12.8 Å². The number of amides is 1. The Balaban J connectivity index is 3.19. The van der Waals surface area contributed by atoms with Crippen LogP contribution in [0.2, 0.25) is 0 Å². The van der Waals surface area contributed by atoms with Gasteiger partial charge in [0.1, 0.15) is 0 Å². The van der Waals surface area contributed by atoms with Gasteiger partial charge in [-0.2, -0.15) is 0 Å². The third-order valence-electron chi connectivity index (χ3n) is 4.10. The molecule has 0 aliphatic carbocycles. The van der Waals surface area contributed by atoms with Gasteiger partial charge in [-0.1, -0.05) is 71.1 Å². The molecule has 0 fully saturated rings. The lowest BCUT2D eigenvalue weighted by Crippen LogP contribution is -2.42. The zero-order chi connectivity index (χ0) is 15.3. The van der Waals surface area contributed by atoms with Crippen molar-refractivity contribution in [2.45, 2.75) is 90.9 Å². The number of hydroxylamine groups is 3. The van der Waals surface area contributed by atoms with E-state index in [1.807, 2.05) is 0 Å². The molecule has 0 spiro atoms. The topological polar surface area (TPSA) is 40.1 Å². The number of rotatable bonds is 13. The quantitative estimate of drug-likeness (QED) is 0.266. The van der Waals surface area contributed by atoms with Gasteiger partial charge in [-0.15, -0.1) is 0 Å². The second kappa shape index (κ2) is 12.3. The van der Waals surface area contributed by atoms with Crippen molar-refractivity contribution < 1.29 is 9.44 Å². The van der Waals surface area contributed by atoms with Crippen LogP contribution in [0.25, 0.3) is 0 Å². The van der Waals surface area contributed by atoms with E-state index >= 15 is 0 Å². The predicted octanol–water partition coefficient (Wildman–Crippen LogP) is 5.18. The Morgan fingerprint density at radius 1 is 0.800 bits per heavy atom. The minimum absolute atomic E-state index is 0.284. The Morgan fingerprint density at radius 2 is 1.15 bits per heavy atom. The summed E-state index contributed by atoms with van der Waals surface area (Å²) in [5.74, 6) is -0.284. The largest absolute Gasteiger partial charge is 0.625 e. The lowest BCUT2D eigenvalue weighted by molar-refractivity contribution is -0.782. The molecule has 20 heavy (non-hydrogen) atoms. The third kappa shape index (κ3) is 11.4. The lowest BCUT2D eigenvalue weighted by atomic mass is 10.1. The van der Waals surface area contributed by atoms with Gasteiger partial charge < -0.3 is 9.85 Å². The number of carbonyl (C=O) groups is 1. The summed E-state index contributed by atoms with van der Waals surface area (Å²) in [4.78, 5) is 11.1. The first-order valence-electron chi connectivity index (χ1n) is 8.58. The highest BCUT2D eigenvalue weighted by Gasteiger charge is 2.15. The Kier molecular flexibility index (Phi) is 12.1. The fourth-order valence-electron chi connectivity index (χ4n) is 2.41. The molecule has 0 aliphatic rings. The molecule has 1 amide bonds. The molecule has 0 aromatic rings. The minimum Gasteiger partial charge on any atom is -0.625 e. The summed E-state index contributed by atoms with van der Waals surface area (Å²) >= 11 is 0. The van der Waals surface area contributed by atoms with E-state index in [0.29, 0.717) is 6.54 Å². The van der Waals surface area contributed by atoms with E-state index in [4.69, 9.17) is 0 Å². The van der Waals surface area contributed by atoms with Crippen molar-refractivity contribution in [1.29, 1.82) is 0 Å². The number of hydrogen-bond donors (Lipinski definition) is 0. The summed E-state index contributed by atoms with van der Waals surface area (Å²) < 4.78 is -0.711. The van der Waals surface area contributed by atoms with Crippen LogP contribution in [0.5, 0.6) is 0 Å². The van der Waals surface area contributed by atoms with Gasteiger partial charge in [0.25, 0.3) is 0 Å². The smallest absolute Gasteiger partial charge is 0.310 e. The average Bonchev–Trinajstić information content (AvgIpc) is 2.39. The zero-order valence-electron chi connectivity index (χ0n) is 14.0. The van der Waals surface area contributed by atoms with Crippen LogP contribution >= 0.6 is 0 Å². The first-order chi connectivity index (χ1) is 9.50. The molecule has 0 N–H and O–H groups in total. The first-order valence-corrected chi connectivity index (χ1v) is 8.58. The Morgan fingerprint density at radius 3 is 1.50 bits per heavy atom. The van der Waals surface area contributed by atoms with Gasteiger partial charge in [0.2, 0.25) is 0 Å². The van der Waals surface area contributed by atoms with Crippen LogP contribution in [0.15, 0.2) is 0 Å². The summed E-state index contributed by atoms with van der Waals surface area (Å²) in [5, 5.41) is 11.7. The summed E-state index contributed by atoms with van der Waals surface area (Å²) in [5.41, 5.74) is 0. The predicted molar refractivity (Wildman–Crippen MR) is 86.2 cm³/mol. The fraction of sp³-hybridized carbons (Fsp3) is 0.941. The summed E-state index contributed by atoms with van der Waals surface area (Å²) in [6.45, 7) is 4.07. The number of unbranched alkanes of at least 4 members (excludes halogenated alkanes) is 11. The highest BCUT2D eigenvalue weighted by atomic mass is 16.6. The normalized spacial score (nSPS) is 14.2. The van der Waals surface area contributed by atoms with E-state index in [2.05, 4.69) is 6.92 Å². The maximum absolute atomic E-state index is 11.7. The minimum atomic E-state index is -0.711. The molecule has 0 bridgehead atoms. The molecule has 3 nitrogen and oxygen atoms in total. The van der Waals surface area contributed by atoms with Gasteiger partial charge in [-0.3, -0.25) is 0 Å². The van der Waals surface area contributed by atoms with Crippen LogP contribution in [0.1, 0.15) is 90.9 Å². The SMILES string of the molecule is CCCCCCCCCCCCCC[N+](C)([O-])C(C)=O. The van der Waals surface area contributed by atoms with E-state index in [1.165, 1.54) is 78.2 Å². The molecule has 0 rings (SSSR count). The molecular weight excluding hydrogens is 250 g/mol. The van der Waals surface area contributed by atoms with Gasteiger partial charge in [0, 0.05) is 0 Å². The lowest BCUT2D eigenvalue weighted by Gasteiger charge is -2.34. The van der Waals surface area contributed by atoms with Crippen LogP contribution in [-0.4, -0.2) is 24.1 Å². The van der Waals surface area contributed by atoms with Crippen molar-refractivity contribution in [1.82, 2.24) is 0 Å². The van der Waals surface area contributed by atoms with E-state index in [1.54, 1.807) is 0 Å². The van der Waals surface area contributed by atoms with Crippen LogP contribution in [0.4, 0.5) is 0 Å². The molecule has 0 aromatic heterocycles. The zero-order valence-corrected chi connectivity index (χ0v) is 14.0. The molecule has 0 heterocycles. The average molecular weight is 285 g/mol. The van der Waals surface area contributed by atoms with E-state index in [-0.39, 0.29) is 5.91 Å². The van der Waals surface area contributed by atoms with Crippen molar-refractivity contribution in [3.05, 3.63) is 5.21 Å². The van der Waals surface area contributed by atoms with E-state index < -0.39 is 4.65 Å². The van der Waals surface area contributed by atoms with Crippen molar-refractivity contribution in [3.63, 3.8) is 0 Å². The maximum atomic E-state index is 11.7. The monoisotopic (exact) mass is 285 g/mol. The maximum Gasteiger partial charge on any atom is 0.310 e. The third-order valence-corrected chi connectivity index (χ3v) is 4.10. The van der Waals surface area contributed by atoms with Gasteiger partial charge >= 0.3 is 5.91 Å². The van der Waals surface area contributed by atoms with Crippen LogP contribution in [-0.2, 0) is 4.79 Å². The number of hydrogen-bond acceptors (Lipinski definition) is 2. The summed E-state index contributed by atoms with van der Waals surface area (Å²) in [7, 11) is 1.46. The number of quaternary nitrogens is 1. The Labute approximate surface area is 125 Å². The molecule has 120 valence electrons. The van der Waals surface area contributed by atoms with Crippen molar-refractivity contribution in [3.8, 4) is 0 Å². The van der Waals surface area contributed by atoms with Gasteiger partial charge in [0.15, 0.2) is 0 Å². The van der Waals surface area contributed by atoms with E-state index in [9.17, 15) is 10.0 Å². The Bertz CT molecular complexity index is 239. The standard InChI is InChI=1S/C17H35NO2/c1-4-5-6-7-8-9-10-11-12-13-14-15-16-18(3,20)17(2)19/h4-16H2,1-3H3. The van der Waals surface area contributed by atoms with Crippen molar-refractivity contribution in [2.24, 2.45) is 0 Å².